The fraction of sp³-hybridized carbons (Fsp3) is 0.484. The summed E-state index contributed by atoms with van der Waals surface area (Å²) >= 11 is 0. The highest BCUT2D eigenvalue weighted by Gasteiger charge is 2.29. The number of nitrogens with one attached hydrogen (secondary N) is 3. The van der Waals surface area contributed by atoms with E-state index in [4.69, 9.17) is 19.3 Å². The third kappa shape index (κ3) is 8.37. The molecule has 0 fully saturated rings. The van der Waals surface area contributed by atoms with E-state index in [1.165, 1.54) is 14.0 Å². The first-order valence-corrected chi connectivity index (χ1v) is 14.2. The first-order chi connectivity index (χ1) is 20.2. The number of benzene rings is 1. The molecule has 0 heterocycles. The fourth-order valence-corrected chi connectivity index (χ4v) is 5.22. The summed E-state index contributed by atoms with van der Waals surface area (Å²) in [6, 6.07) is 6.63. The summed E-state index contributed by atoms with van der Waals surface area (Å²) in [5.74, 6) is 0.352. The number of rotatable bonds is 15. The van der Waals surface area contributed by atoms with E-state index in [-0.39, 0.29) is 23.7 Å². The molecule has 2 aromatic carbocycles. The van der Waals surface area contributed by atoms with Crippen LogP contribution in [0.25, 0.3) is 11.1 Å². The van der Waals surface area contributed by atoms with Crippen LogP contribution in [0.4, 0.5) is 5.69 Å². The quantitative estimate of drug-likeness (QED) is 0.229. The zero-order valence-corrected chi connectivity index (χ0v) is 24.8. The van der Waals surface area contributed by atoms with Crippen LogP contribution in [0.15, 0.2) is 29.1 Å². The van der Waals surface area contributed by atoms with Gasteiger partial charge in [-0.05, 0) is 67.0 Å². The van der Waals surface area contributed by atoms with Gasteiger partial charge in [-0.15, -0.1) is 0 Å². The van der Waals surface area contributed by atoms with Crippen molar-refractivity contribution in [2.75, 3.05) is 39.7 Å². The van der Waals surface area contributed by atoms with Crippen molar-refractivity contribution in [3.8, 4) is 28.4 Å². The molecule has 0 bridgehead atoms. The Morgan fingerprint density at radius 1 is 0.929 bits per heavy atom. The van der Waals surface area contributed by atoms with Gasteiger partial charge >= 0.3 is 5.97 Å². The molecule has 1 atom stereocenters. The molecule has 228 valence electrons. The second-order valence-electron chi connectivity index (χ2n) is 10.2. The highest BCUT2D eigenvalue weighted by molar-refractivity contribution is 5.84. The Bertz CT molecular complexity index is 1340. The predicted molar refractivity (Wildman–Crippen MR) is 160 cm³/mol. The number of methoxy groups -OCH3 is 3. The summed E-state index contributed by atoms with van der Waals surface area (Å²) in [5, 5.41) is 17.7. The number of carboxylic acids is 1. The molecule has 3 rings (SSSR count). The summed E-state index contributed by atoms with van der Waals surface area (Å²) in [5.41, 5.74) is 3.28. The Morgan fingerprint density at radius 3 is 2.36 bits per heavy atom. The minimum atomic E-state index is -0.812. The van der Waals surface area contributed by atoms with Crippen molar-refractivity contribution in [2.24, 2.45) is 0 Å². The van der Waals surface area contributed by atoms with E-state index in [2.05, 4.69) is 16.0 Å². The first kappa shape index (κ1) is 32.2. The molecule has 2 amide bonds. The molecule has 4 N–H and O–H groups in total. The Hall–Kier alpha value is -4.28. The van der Waals surface area contributed by atoms with Crippen molar-refractivity contribution in [2.45, 2.75) is 64.3 Å². The van der Waals surface area contributed by atoms with Crippen LogP contribution >= 0.6 is 0 Å². The third-order valence-corrected chi connectivity index (χ3v) is 7.20. The predicted octanol–water partition coefficient (Wildman–Crippen LogP) is 3.82. The minimum Gasteiger partial charge on any atom is -0.493 e. The topological polar surface area (TPSA) is 152 Å². The van der Waals surface area contributed by atoms with E-state index in [1.807, 2.05) is 12.1 Å². The number of carbonyl (C=O) groups is 3. The van der Waals surface area contributed by atoms with Crippen molar-refractivity contribution in [1.82, 2.24) is 10.6 Å². The minimum absolute atomic E-state index is 0.0889. The number of fused-ring (bicyclic) bond motifs is 3. The molecule has 0 saturated heterocycles. The summed E-state index contributed by atoms with van der Waals surface area (Å²) < 4.78 is 17.0. The van der Waals surface area contributed by atoms with Gasteiger partial charge in [-0.1, -0.05) is 12.5 Å². The monoisotopic (exact) mass is 583 g/mol. The number of aliphatic carboxylic acids is 1. The van der Waals surface area contributed by atoms with Gasteiger partial charge in [0.15, 0.2) is 11.5 Å². The molecule has 0 saturated carbocycles. The Labute approximate surface area is 245 Å². The molecule has 0 spiro atoms. The van der Waals surface area contributed by atoms with Crippen molar-refractivity contribution >= 4 is 23.5 Å². The molecule has 0 radical (unpaired) electrons. The highest BCUT2D eigenvalue weighted by atomic mass is 16.5. The average molecular weight is 584 g/mol. The summed E-state index contributed by atoms with van der Waals surface area (Å²) in [6.07, 6.45) is 4.20. The Morgan fingerprint density at radius 2 is 1.69 bits per heavy atom. The van der Waals surface area contributed by atoms with Gasteiger partial charge in [0, 0.05) is 38.4 Å². The normalized spacial score (nSPS) is 13.6. The van der Waals surface area contributed by atoms with E-state index in [1.54, 1.807) is 26.4 Å². The van der Waals surface area contributed by atoms with Gasteiger partial charge in [0.25, 0.3) is 0 Å². The maximum atomic E-state index is 13.4. The maximum absolute atomic E-state index is 13.4. The van der Waals surface area contributed by atoms with Crippen LogP contribution in [0.2, 0.25) is 0 Å². The van der Waals surface area contributed by atoms with Crippen molar-refractivity contribution < 1.29 is 33.7 Å². The van der Waals surface area contributed by atoms with Crippen molar-refractivity contribution in [1.29, 1.82) is 0 Å². The van der Waals surface area contributed by atoms with Gasteiger partial charge < -0.3 is 35.3 Å². The molecular formula is C31H41N3O8. The lowest BCUT2D eigenvalue weighted by Gasteiger charge is -2.19. The van der Waals surface area contributed by atoms with Crippen LogP contribution in [0.1, 0.15) is 69.0 Å². The van der Waals surface area contributed by atoms with Crippen LogP contribution in [0.3, 0.4) is 0 Å². The molecule has 1 aliphatic rings. The number of aryl methyl sites for hydroxylation is 1. The zero-order chi connectivity index (χ0) is 30.6. The molecule has 0 aliphatic heterocycles. The molecule has 2 aromatic rings. The largest absolute Gasteiger partial charge is 0.493 e. The molecule has 1 aliphatic carbocycles. The van der Waals surface area contributed by atoms with Gasteiger partial charge in [-0.25, -0.2) is 0 Å². The maximum Gasteiger partial charge on any atom is 0.303 e. The standard InChI is InChI=1S/C31H41N3O8/c1-19(35)34-23-13-11-20-17-26(40-2)30(41-3)31(42-4)29(20)21-12-14-24(25(36)18-22(21)23)32-16-8-9-27(37)33-15-7-5-6-10-28(38)39/h12,14,17-18,23H,5-11,13,15-16H2,1-4H3,(H,32,36)(H,33,37)(H,34,35)(H,38,39)/t23-/m0/s1. The third-order valence-electron chi connectivity index (χ3n) is 7.20. The van der Waals surface area contributed by atoms with Gasteiger partial charge in [-0.3, -0.25) is 19.2 Å². The lowest BCUT2D eigenvalue weighted by Crippen LogP contribution is -2.26. The lowest BCUT2D eigenvalue weighted by molar-refractivity contribution is -0.137. The number of anilines is 1. The molecular weight excluding hydrogens is 542 g/mol. The van der Waals surface area contributed by atoms with Crippen LogP contribution in [0, 0.1) is 0 Å². The summed E-state index contributed by atoms with van der Waals surface area (Å²) in [6.45, 7) is 2.37. The Kier molecular flexibility index (Phi) is 12.0. The number of carbonyl (C=O) groups excluding carboxylic acids is 2. The van der Waals surface area contributed by atoms with E-state index in [0.29, 0.717) is 73.7 Å². The highest BCUT2D eigenvalue weighted by Crippen LogP contribution is 2.50. The number of hydrogen-bond donors (Lipinski definition) is 4. The number of ether oxygens (including phenoxy) is 3. The smallest absolute Gasteiger partial charge is 0.303 e. The molecule has 11 heteroatoms. The number of hydrogen-bond acceptors (Lipinski definition) is 8. The number of carboxylic acid groups (broad SMARTS) is 1. The second-order valence-corrected chi connectivity index (χ2v) is 10.2. The van der Waals surface area contributed by atoms with Crippen LogP contribution in [0.5, 0.6) is 17.2 Å². The molecule has 0 unspecified atom stereocenters. The molecule has 42 heavy (non-hydrogen) atoms. The average Bonchev–Trinajstić information content (AvgIpc) is 3.20. The summed E-state index contributed by atoms with van der Waals surface area (Å²) in [7, 11) is 4.65. The van der Waals surface area contributed by atoms with E-state index in [0.717, 1.165) is 29.5 Å². The van der Waals surface area contributed by atoms with Crippen molar-refractivity contribution in [3.63, 3.8) is 0 Å². The number of unbranched alkanes of at least 4 members (excludes halogenated alkanes) is 2. The van der Waals surface area contributed by atoms with Crippen molar-refractivity contribution in [3.05, 3.63) is 45.6 Å². The van der Waals surface area contributed by atoms with Crippen LogP contribution in [-0.2, 0) is 20.8 Å². The van der Waals surface area contributed by atoms with Crippen LogP contribution < -0.4 is 35.6 Å². The lowest BCUT2D eigenvalue weighted by atomic mass is 9.95. The zero-order valence-electron chi connectivity index (χ0n) is 24.8. The van der Waals surface area contributed by atoms with Gasteiger partial charge in [0.2, 0.25) is 23.0 Å². The molecule has 11 nitrogen and oxygen atoms in total. The van der Waals surface area contributed by atoms with E-state index >= 15 is 0 Å². The number of amides is 2. The van der Waals surface area contributed by atoms with E-state index < -0.39 is 12.0 Å². The second kappa shape index (κ2) is 15.6. The molecule has 0 aromatic heterocycles. The van der Waals surface area contributed by atoms with Gasteiger partial charge in [-0.2, -0.15) is 0 Å². The van der Waals surface area contributed by atoms with Gasteiger partial charge in [0.1, 0.15) is 0 Å². The SMILES string of the molecule is COc1cc2c(c(OC)c1OC)-c1ccc(NCCCC(=O)NCCCCCC(=O)O)c(=O)cc1[C@@H](NC(C)=O)CC2. The van der Waals surface area contributed by atoms with Crippen LogP contribution in [-0.4, -0.2) is 57.3 Å². The summed E-state index contributed by atoms with van der Waals surface area (Å²) in [4.78, 5) is 48.2. The Balaban J connectivity index is 1.80. The first-order valence-electron chi connectivity index (χ1n) is 14.2. The fourth-order valence-electron chi connectivity index (χ4n) is 5.22. The van der Waals surface area contributed by atoms with E-state index in [9.17, 15) is 19.2 Å². The van der Waals surface area contributed by atoms with Gasteiger partial charge in [0.05, 0.1) is 33.1 Å².